The molecule has 7 nitrogen and oxygen atoms in total. The van der Waals surface area contributed by atoms with Crippen LogP contribution in [-0.2, 0) is 20.8 Å². The van der Waals surface area contributed by atoms with Crippen molar-refractivity contribution in [2.24, 2.45) is 0 Å². The summed E-state index contributed by atoms with van der Waals surface area (Å²) in [5.74, 6) is -0.347. The van der Waals surface area contributed by atoms with E-state index in [4.69, 9.17) is 14.7 Å². The topological polar surface area (TPSA) is 96.9 Å². The average molecular weight is 346 g/mol. The Morgan fingerprint density at radius 3 is 2.92 bits per heavy atom. The summed E-state index contributed by atoms with van der Waals surface area (Å²) in [6.07, 6.45) is 6.13. The first-order chi connectivity index (χ1) is 12.1. The summed E-state index contributed by atoms with van der Waals surface area (Å²) in [6.45, 7) is 0.656. The lowest BCUT2D eigenvalue weighted by Gasteiger charge is -2.21. The molecule has 1 aromatic rings. The van der Waals surface area contributed by atoms with Gasteiger partial charge in [-0.3, -0.25) is 4.79 Å². The lowest BCUT2D eigenvalue weighted by Crippen LogP contribution is -2.32. The molecule has 2 aliphatic rings. The highest BCUT2D eigenvalue weighted by atomic mass is 16.8. The summed E-state index contributed by atoms with van der Waals surface area (Å²) < 4.78 is 5.37. The first-order valence-corrected chi connectivity index (χ1v) is 8.49. The maximum atomic E-state index is 11.8. The van der Waals surface area contributed by atoms with Gasteiger partial charge in [0.15, 0.2) is 6.29 Å². The molecule has 0 radical (unpaired) electrons. The Kier molecular flexibility index (Phi) is 5.67. The number of amides is 2. The maximum absolute atomic E-state index is 11.8. The van der Waals surface area contributed by atoms with E-state index in [2.05, 4.69) is 10.8 Å². The molecule has 0 spiro atoms. The van der Waals surface area contributed by atoms with Crippen LogP contribution in [0.15, 0.2) is 24.3 Å². The first kappa shape index (κ1) is 17.4. The van der Waals surface area contributed by atoms with Crippen LogP contribution in [0, 0.1) is 0 Å². The quantitative estimate of drug-likeness (QED) is 0.562. The van der Waals surface area contributed by atoms with Crippen LogP contribution in [0.25, 0.3) is 6.08 Å². The van der Waals surface area contributed by atoms with Gasteiger partial charge in [-0.25, -0.2) is 15.1 Å². The van der Waals surface area contributed by atoms with Gasteiger partial charge in [-0.05, 0) is 48.4 Å². The van der Waals surface area contributed by atoms with Gasteiger partial charge in [0.1, 0.15) is 0 Å². The lowest BCUT2D eigenvalue weighted by molar-refractivity contribution is -0.198. The van der Waals surface area contributed by atoms with E-state index in [1.54, 1.807) is 6.08 Å². The van der Waals surface area contributed by atoms with E-state index < -0.39 is 6.09 Å². The molecule has 3 N–H and O–H groups in total. The van der Waals surface area contributed by atoms with Gasteiger partial charge in [0.25, 0.3) is 5.91 Å². The van der Waals surface area contributed by atoms with Gasteiger partial charge >= 0.3 is 6.09 Å². The molecule has 1 aliphatic carbocycles. The zero-order chi connectivity index (χ0) is 17.6. The van der Waals surface area contributed by atoms with Crippen LogP contribution < -0.4 is 10.8 Å². The summed E-state index contributed by atoms with van der Waals surface area (Å²) >= 11 is 0. The molecule has 2 atom stereocenters. The summed E-state index contributed by atoms with van der Waals surface area (Å²) in [6, 6.07) is 5.61. The molecule has 0 bridgehead atoms. The van der Waals surface area contributed by atoms with Gasteiger partial charge < -0.3 is 15.2 Å². The molecule has 2 unspecified atom stereocenters. The van der Waals surface area contributed by atoms with Crippen molar-refractivity contribution in [3.8, 4) is 0 Å². The van der Waals surface area contributed by atoms with Gasteiger partial charge in [0, 0.05) is 19.1 Å². The molecular weight excluding hydrogens is 324 g/mol. The molecule has 25 heavy (non-hydrogen) atoms. The number of rotatable bonds is 5. The van der Waals surface area contributed by atoms with Crippen molar-refractivity contribution in [1.82, 2.24) is 10.8 Å². The van der Waals surface area contributed by atoms with E-state index >= 15 is 0 Å². The second kappa shape index (κ2) is 8.13. The standard InChI is InChI=1S/C18H22N2O5/c21-16(20-25-17-3-1-2-10-24-17)9-5-12-4-7-14-13(11-12)6-8-15(14)19-18(22)23/h4-5,7,9,11,15,17,19H,1-3,6,8,10H2,(H,20,21)(H,22,23)/b9-5+. The molecule has 1 aliphatic heterocycles. The fraction of sp³-hybridized carbons (Fsp3) is 0.444. The number of hydrogen-bond acceptors (Lipinski definition) is 4. The van der Waals surface area contributed by atoms with Crippen molar-refractivity contribution in [3.05, 3.63) is 41.0 Å². The summed E-state index contributed by atoms with van der Waals surface area (Å²) in [4.78, 5) is 27.8. The average Bonchev–Trinajstić information content (AvgIpc) is 3.00. The van der Waals surface area contributed by atoms with Crippen LogP contribution in [0.2, 0.25) is 0 Å². The van der Waals surface area contributed by atoms with Crippen LogP contribution in [0.1, 0.15) is 48.4 Å². The molecule has 1 fully saturated rings. The van der Waals surface area contributed by atoms with Crippen LogP contribution in [-0.4, -0.2) is 30.0 Å². The Morgan fingerprint density at radius 2 is 2.16 bits per heavy atom. The number of carbonyl (C=O) groups excluding carboxylic acids is 1. The second-order valence-electron chi connectivity index (χ2n) is 6.21. The minimum Gasteiger partial charge on any atom is -0.465 e. The Labute approximate surface area is 146 Å². The minimum atomic E-state index is -1.01. The normalized spacial score (nSPS) is 22.6. The number of ether oxygens (including phenoxy) is 1. The van der Waals surface area contributed by atoms with Crippen LogP contribution in [0.4, 0.5) is 4.79 Å². The molecule has 7 heteroatoms. The third-order valence-electron chi connectivity index (χ3n) is 4.40. The maximum Gasteiger partial charge on any atom is 0.405 e. The Balaban J connectivity index is 1.53. The van der Waals surface area contributed by atoms with Gasteiger partial charge in [-0.15, -0.1) is 0 Å². The zero-order valence-corrected chi connectivity index (χ0v) is 13.9. The van der Waals surface area contributed by atoms with E-state index in [0.29, 0.717) is 6.61 Å². The molecule has 134 valence electrons. The molecule has 1 aromatic carbocycles. The Morgan fingerprint density at radius 1 is 1.28 bits per heavy atom. The summed E-state index contributed by atoms with van der Waals surface area (Å²) in [5.41, 5.74) is 5.37. The molecule has 1 heterocycles. The van der Waals surface area contributed by atoms with Gasteiger partial charge in [0.2, 0.25) is 0 Å². The zero-order valence-electron chi connectivity index (χ0n) is 13.9. The van der Waals surface area contributed by atoms with E-state index in [-0.39, 0.29) is 18.2 Å². The molecule has 2 amide bonds. The largest absolute Gasteiger partial charge is 0.465 e. The lowest BCUT2D eigenvalue weighted by atomic mass is 10.0. The number of benzene rings is 1. The highest BCUT2D eigenvalue weighted by molar-refractivity contribution is 5.91. The monoisotopic (exact) mass is 346 g/mol. The second-order valence-corrected chi connectivity index (χ2v) is 6.21. The van der Waals surface area contributed by atoms with Crippen molar-refractivity contribution < 1.29 is 24.3 Å². The van der Waals surface area contributed by atoms with E-state index in [1.807, 2.05) is 18.2 Å². The molecular formula is C18H22N2O5. The number of fused-ring (bicyclic) bond motifs is 1. The number of carbonyl (C=O) groups is 2. The van der Waals surface area contributed by atoms with Gasteiger partial charge in [-0.1, -0.05) is 18.2 Å². The number of hydroxylamine groups is 1. The van der Waals surface area contributed by atoms with Crippen LogP contribution >= 0.6 is 0 Å². The molecule has 3 rings (SSSR count). The summed E-state index contributed by atoms with van der Waals surface area (Å²) in [5, 5.41) is 11.4. The smallest absolute Gasteiger partial charge is 0.405 e. The van der Waals surface area contributed by atoms with Gasteiger partial charge in [-0.2, -0.15) is 0 Å². The number of aryl methyl sites for hydroxylation is 1. The third-order valence-corrected chi connectivity index (χ3v) is 4.40. The van der Waals surface area contributed by atoms with Crippen molar-refractivity contribution in [2.75, 3.05) is 6.61 Å². The fourth-order valence-corrected chi connectivity index (χ4v) is 3.17. The number of carboxylic acid groups (broad SMARTS) is 1. The van der Waals surface area contributed by atoms with Crippen LogP contribution in [0.5, 0.6) is 0 Å². The molecule has 0 saturated carbocycles. The fourth-order valence-electron chi connectivity index (χ4n) is 3.17. The van der Waals surface area contributed by atoms with E-state index in [0.717, 1.165) is 48.8 Å². The Hall–Kier alpha value is -2.38. The van der Waals surface area contributed by atoms with E-state index in [1.165, 1.54) is 6.08 Å². The number of nitrogens with one attached hydrogen (secondary N) is 2. The first-order valence-electron chi connectivity index (χ1n) is 8.49. The minimum absolute atomic E-state index is 0.155. The Bertz CT molecular complexity index is 667. The van der Waals surface area contributed by atoms with E-state index in [9.17, 15) is 9.59 Å². The molecule has 0 aromatic heterocycles. The van der Waals surface area contributed by atoms with Crippen LogP contribution in [0.3, 0.4) is 0 Å². The predicted molar refractivity (Wildman–Crippen MR) is 90.5 cm³/mol. The highest BCUT2D eigenvalue weighted by Gasteiger charge is 2.23. The van der Waals surface area contributed by atoms with Crippen molar-refractivity contribution in [1.29, 1.82) is 0 Å². The van der Waals surface area contributed by atoms with Crippen molar-refractivity contribution in [2.45, 2.75) is 44.4 Å². The third kappa shape index (κ3) is 4.80. The van der Waals surface area contributed by atoms with Crippen molar-refractivity contribution in [3.63, 3.8) is 0 Å². The number of hydrogen-bond donors (Lipinski definition) is 3. The van der Waals surface area contributed by atoms with Crippen molar-refractivity contribution >= 4 is 18.1 Å². The molecule has 1 saturated heterocycles. The predicted octanol–water partition coefficient (Wildman–Crippen LogP) is 2.53. The van der Waals surface area contributed by atoms with Gasteiger partial charge in [0.05, 0.1) is 6.04 Å². The SMILES string of the molecule is O=C(O)NC1CCc2cc(/C=C/C(=O)NOC3CCCCO3)ccc21. The summed E-state index contributed by atoms with van der Waals surface area (Å²) in [7, 11) is 0. The highest BCUT2D eigenvalue weighted by Crippen LogP contribution is 2.31.